The molecule has 1 heterocycles. The number of benzene rings is 2. The zero-order valence-corrected chi connectivity index (χ0v) is 19.5. The summed E-state index contributed by atoms with van der Waals surface area (Å²) >= 11 is 0. The average Bonchev–Trinajstić information content (AvgIpc) is 2.84. The molecule has 6 heteroatoms. The molecule has 3 aromatic rings. The maximum absolute atomic E-state index is 12.8. The second-order valence-electron chi connectivity index (χ2n) is 10.6. The second kappa shape index (κ2) is 8.52. The van der Waals surface area contributed by atoms with E-state index in [0.29, 0.717) is 16.8 Å². The van der Waals surface area contributed by atoms with Crippen LogP contribution in [0.3, 0.4) is 0 Å². The van der Waals surface area contributed by atoms with E-state index in [2.05, 4.69) is 27.8 Å². The van der Waals surface area contributed by atoms with Crippen LogP contribution in [0.5, 0.6) is 0 Å². The van der Waals surface area contributed by atoms with Gasteiger partial charge in [0.2, 0.25) is 0 Å². The van der Waals surface area contributed by atoms with Crippen LogP contribution in [0.2, 0.25) is 0 Å². The van der Waals surface area contributed by atoms with E-state index in [0.717, 1.165) is 29.1 Å². The lowest BCUT2D eigenvalue weighted by Gasteiger charge is -2.57. The quantitative estimate of drug-likeness (QED) is 0.399. The summed E-state index contributed by atoms with van der Waals surface area (Å²) in [6.45, 7) is 0. The number of rotatable bonds is 6. The van der Waals surface area contributed by atoms with Gasteiger partial charge >= 0.3 is 5.97 Å². The fourth-order valence-corrected chi connectivity index (χ4v) is 7.05. The maximum Gasteiger partial charge on any atom is 0.354 e. The number of carboxylic acids is 1. The van der Waals surface area contributed by atoms with Gasteiger partial charge in [-0.2, -0.15) is 0 Å². The Bertz CT molecular complexity index is 1230. The number of carboxylic acid groups (broad SMARTS) is 1. The highest BCUT2D eigenvalue weighted by Crippen LogP contribution is 2.60. The molecule has 7 rings (SSSR count). The van der Waals surface area contributed by atoms with Gasteiger partial charge in [-0.05, 0) is 116 Å². The Morgan fingerprint density at radius 1 is 0.800 bits per heavy atom. The van der Waals surface area contributed by atoms with E-state index < -0.39 is 5.97 Å². The summed E-state index contributed by atoms with van der Waals surface area (Å²) in [5.41, 5.74) is 3.86. The lowest BCUT2D eigenvalue weighted by molar-refractivity contribution is -0.00518. The highest BCUT2D eigenvalue weighted by Gasteiger charge is 2.51. The molecular formula is C29H29N3O3. The summed E-state index contributed by atoms with van der Waals surface area (Å²) in [4.78, 5) is 28.0. The topological polar surface area (TPSA) is 91.3 Å². The Morgan fingerprint density at radius 2 is 1.40 bits per heavy atom. The molecule has 0 atom stereocenters. The first-order valence-electron chi connectivity index (χ1n) is 12.5. The van der Waals surface area contributed by atoms with Crippen LogP contribution in [-0.4, -0.2) is 22.0 Å². The average molecular weight is 468 g/mol. The number of nitrogens with zero attached hydrogens (tertiary/aromatic N) is 1. The number of hydrogen-bond acceptors (Lipinski definition) is 4. The molecule has 178 valence electrons. The minimum absolute atomic E-state index is 0.0276. The number of pyridine rings is 1. The van der Waals surface area contributed by atoms with Gasteiger partial charge in [-0.25, -0.2) is 9.78 Å². The molecule has 2 aromatic carbocycles. The van der Waals surface area contributed by atoms with Gasteiger partial charge in [-0.1, -0.05) is 18.2 Å². The standard InChI is InChI=1S/C29H29N3O3/c33-27(21-4-8-23(9-5-21)30-26-3-1-2-25(32-26)28(34)35)31-24-10-6-22(7-11-24)29-15-18-12-19(16-29)14-20(13-18)17-29/h1-11,18-20H,12-17H2,(H,30,32)(H,31,33)(H,34,35). The molecule has 4 aliphatic rings. The molecular weight excluding hydrogens is 438 g/mol. The zero-order valence-electron chi connectivity index (χ0n) is 19.5. The van der Waals surface area contributed by atoms with E-state index >= 15 is 0 Å². The van der Waals surface area contributed by atoms with Crippen LogP contribution in [0.15, 0.2) is 66.7 Å². The van der Waals surface area contributed by atoms with Gasteiger partial charge in [-0.3, -0.25) is 4.79 Å². The molecule has 0 aliphatic heterocycles. The number of carbonyl (C=O) groups excluding carboxylic acids is 1. The Labute approximate surface area is 204 Å². The molecule has 0 radical (unpaired) electrons. The lowest BCUT2D eigenvalue weighted by Crippen LogP contribution is -2.48. The summed E-state index contributed by atoms with van der Waals surface area (Å²) in [6, 6.07) is 20.4. The first kappa shape index (κ1) is 21.8. The van der Waals surface area contributed by atoms with Crippen molar-refractivity contribution in [2.75, 3.05) is 10.6 Å². The van der Waals surface area contributed by atoms with E-state index in [1.165, 1.54) is 50.2 Å². The number of amides is 1. The fraction of sp³-hybridized carbons (Fsp3) is 0.345. The number of aromatic carboxylic acids is 1. The Hall–Kier alpha value is -3.67. The molecule has 1 amide bonds. The minimum Gasteiger partial charge on any atom is -0.477 e. The van der Waals surface area contributed by atoms with E-state index in [4.69, 9.17) is 5.11 Å². The Balaban J connectivity index is 1.10. The van der Waals surface area contributed by atoms with Crippen LogP contribution in [0.1, 0.15) is 64.9 Å². The van der Waals surface area contributed by atoms with Gasteiger partial charge < -0.3 is 15.7 Å². The normalized spacial score (nSPS) is 26.3. The molecule has 4 saturated carbocycles. The number of hydrogen-bond donors (Lipinski definition) is 3. The van der Waals surface area contributed by atoms with Crippen molar-refractivity contribution in [3.63, 3.8) is 0 Å². The molecule has 0 spiro atoms. The number of carbonyl (C=O) groups is 2. The van der Waals surface area contributed by atoms with Crippen molar-refractivity contribution < 1.29 is 14.7 Å². The van der Waals surface area contributed by atoms with Crippen LogP contribution in [-0.2, 0) is 5.41 Å². The molecule has 1 aromatic heterocycles. The monoisotopic (exact) mass is 467 g/mol. The Kier molecular flexibility index (Phi) is 5.32. The first-order valence-corrected chi connectivity index (χ1v) is 12.5. The van der Waals surface area contributed by atoms with E-state index in [1.807, 2.05) is 12.1 Å². The van der Waals surface area contributed by atoms with Gasteiger partial charge in [0.25, 0.3) is 5.91 Å². The van der Waals surface area contributed by atoms with Crippen LogP contribution in [0, 0.1) is 17.8 Å². The molecule has 3 N–H and O–H groups in total. The second-order valence-corrected chi connectivity index (χ2v) is 10.6. The van der Waals surface area contributed by atoms with Crippen LogP contribution in [0.25, 0.3) is 0 Å². The van der Waals surface area contributed by atoms with Gasteiger partial charge in [0.15, 0.2) is 5.69 Å². The largest absolute Gasteiger partial charge is 0.477 e. The third-order valence-electron chi connectivity index (χ3n) is 8.18. The summed E-state index contributed by atoms with van der Waals surface area (Å²) in [5, 5.41) is 15.2. The van der Waals surface area contributed by atoms with Crippen molar-refractivity contribution in [2.24, 2.45) is 17.8 Å². The highest BCUT2D eigenvalue weighted by molar-refractivity contribution is 6.04. The van der Waals surface area contributed by atoms with Crippen molar-refractivity contribution in [1.29, 1.82) is 0 Å². The van der Waals surface area contributed by atoms with Crippen molar-refractivity contribution in [3.05, 3.63) is 83.6 Å². The SMILES string of the molecule is O=C(Nc1ccc(C23CC4CC(CC(C4)C2)C3)cc1)c1ccc(Nc2cccc(C(=O)O)n2)cc1. The van der Waals surface area contributed by atoms with Crippen LogP contribution < -0.4 is 10.6 Å². The van der Waals surface area contributed by atoms with Crippen molar-refractivity contribution >= 4 is 29.1 Å². The number of nitrogens with one attached hydrogen (secondary N) is 2. The summed E-state index contributed by atoms with van der Waals surface area (Å²) < 4.78 is 0. The summed E-state index contributed by atoms with van der Waals surface area (Å²) in [5.74, 6) is 1.93. The van der Waals surface area contributed by atoms with Gasteiger partial charge in [0.05, 0.1) is 0 Å². The van der Waals surface area contributed by atoms with Crippen molar-refractivity contribution in [3.8, 4) is 0 Å². The fourth-order valence-electron chi connectivity index (χ4n) is 7.05. The maximum atomic E-state index is 12.8. The summed E-state index contributed by atoms with van der Waals surface area (Å²) in [6.07, 6.45) is 8.32. The van der Waals surface area contributed by atoms with Crippen molar-refractivity contribution in [1.82, 2.24) is 4.98 Å². The smallest absolute Gasteiger partial charge is 0.354 e. The zero-order chi connectivity index (χ0) is 24.0. The predicted molar refractivity (Wildman–Crippen MR) is 135 cm³/mol. The van der Waals surface area contributed by atoms with Gasteiger partial charge in [0.1, 0.15) is 5.82 Å². The van der Waals surface area contributed by atoms with Crippen LogP contribution in [0.4, 0.5) is 17.2 Å². The lowest BCUT2D eigenvalue weighted by atomic mass is 9.48. The first-order chi connectivity index (χ1) is 17.0. The van der Waals surface area contributed by atoms with E-state index in [9.17, 15) is 9.59 Å². The van der Waals surface area contributed by atoms with E-state index in [1.54, 1.807) is 36.4 Å². The number of anilines is 3. The third kappa shape index (κ3) is 4.29. The van der Waals surface area contributed by atoms with Crippen molar-refractivity contribution in [2.45, 2.75) is 43.9 Å². The molecule has 6 nitrogen and oxygen atoms in total. The molecule has 0 saturated heterocycles. The molecule has 35 heavy (non-hydrogen) atoms. The van der Waals surface area contributed by atoms with Gasteiger partial charge in [0, 0.05) is 16.9 Å². The summed E-state index contributed by atoms with van der Waals surface area (Å²) in [7, 11) is 0. The highest BCUT2D eigenvalue weighted by atomic mass is 16.4. The molecule has 0 unspecified atom stereocenters. The number of aromatic nitrogens is 1. The predicted octanol–water partition coefficient (Wildman–Crippen LogP) is 6.24. The molecule has 4 aliphatic carbocycles. The van der Waals surface area contributed by atoms with Crippen LogP contribution >= 0.6 is 0 Å². The van der Waals surface area contributed by atoms with Gasteiger partial charge in [-0.15, -0.1) is 0 Å². The minimum atomic E-state index is -1.08. The third-order valence-corrected chi connectivity index (χ3v) is 8.18. The van der Waals surface area contributed by atoms with E-state index in [-0.39, 0.29) is 11.6 Å². The molecule has 4 fully saturated rings. The molecule has 4 bridgehead atoms. The Morgan fingerprint density at radius 3 is 2.00 bits per heavy atom.